The van der Waals surface area contributed by atoms with E-state index in [-0.39, 0.29) is 0 Å². The molecule has 0 radical (unpaired) electrons. The Morgan fingerprint density at radius 1 is 1.33 bits per heavy atom. The smallest absolute Gasteiger partial charge is 0.157 e. The Morgan fingerprint density at radius 2 is 2.13 bits per heavy atom. The molecule has 0 unspecified atom stereocenters. The summed E-state index contributed by atoms with van der Waals surface area (Å²) in [7, 11) is 0. The van der Waals surface area contributed by atoms with Crippen LogP contribution in [0.1, 0.15) is 21.7 Å². The van der Waals surface area contributed by atoms with Crippen LogP contribution < -0.4 is 0 Å². The predicted molar refractivity (Wildman–Crippen MR) is 54.0 cm³/mol. The minimum atomic E-state index is 0.575. The molecule has 0 aliphatic heterocycles. The van der Waals surface area contributed by atoms with Crippen LogP contribution in [0.5, 0.6) is 0 Å². The molecular weight excluding hydrogens is 192 g/mol. The van der Waals surface area contributed by atoms with Crippen molar-refractivity contribution in [2.75, 3.05) is 0 Å². The first-order chi connectivity index (χ1) is 7.22. The predicted octanol–water partition coefficient (Wildman–Crippen LogP) is 1.09. The van der Waals surface area contributed by atoms with Gasteiger partial charge in [-0.2, -0.15) is 5.10 Å². The molecule has 0 saturated heterocycles. The highest BCUT2D eigenvalue weighted by Gasteiger charge is 2.07. The topological polar surface area (TPSA) is 60.7 Å². The second-order valence-electron chi connectivity index (χ2n) is 3.23. The highest BCUT2D eigenvalue weighted by Crippen LogP contribution is 2.10. The molecule has 0 aromatic carbocycles. The molecule has 0 aliphatic rings. The number of rotatable bonds is 2. The first kappa shape index (κ1) is 9.51. The average molecular weight is 202 g/mol. The van der Waals surface area contributed by atoms with Crippen molar-refractivity contribution in [3.05, 3.63) is 35.5 Å². The lowest BCUT2D eigenvalue weighted by Gasteiger charge is -2.03. The van der Waals surface area contributed by atoms with Crippen LogP contribution in [0, 0.1) is 13.8 Å². The van der Waals surface area contributed by atoms with E-state index >= 15 is 0 Å². The van der Waals surface area contributed by atoms with E-state index in [4.69, 9.17) is 0 Å². The number of aryl methyl sites for hydroxylation is 1. The summed E-state index contributed by atoms with van der Waals surface area (Å²) in [5, 5.41) is 4.09. The largest absolute Gasteiger partial charge is 0.298 e. The van der Waals surface area contributed by atoms with Crippen molar-refractivity contribution in [2.24, 2.45) is 0 Å². The molecule has 76 valence electrons. The lowest BCUT2D eigenvalue weighted by atomic mass is 10.3. The van der Waals surface area contributed by atoms with Crippen LogP contribution in [0.25, 0.3) is 5.82 Å². The van der Waals surface area contributed by atoms with Crippen LogP contribution in [-0.4, -0.2) is 26.0 Å². The average Bonchev–Trinajstić information content (AvgIpc) is 2.59. The van der Waals surface area contributed by atoms with Gasteiger partial charge in [-0.25, -0.2) is 14.6 Å². The molecule has 2 aromatic rings. The van der Waals surface area contributed by atoms with Crippen molar-refractivity contribution in [3.8, 4) is 5.82 Å². The van der Waals surface area contributed by atoms with E-state index in [1.165, 1.54) is 12.5 Å². The van der Waals surface area contributed by atoms with Gasteiger partial charge in [0.1, 0.15) is 6.33 Å². The van der Waals surface area contributed by atoms with Crippen molar-refractivity contribution in [1.29, 1.82) is 0 Å². The van der Waals surface area contributed by atoms with Gasteiger partial charge in [-0.15, -0.1) is 0 Å². The summed E-state index contributed by atoms with van der Waals surface area (Å²) in [6, 6.07) is 1.81. The van der Waals surface area contributed by atoms with Crippen molar-refractivity contribution >= 4 is 6.29 Å². The number of nitrogens with zero attached hydrogens (tertiary/aromatic N) is 4. The van der Waals surface area contributed by atoms with E-state index in [1.54, 1.807) is 4.68 Å². The summed E-state index contributed by atoms with van der Waals surface area (Å²) in [5.41, 5.74) is 2.22. The maximum absolute atomic E-state index is 10.7. The van der Waals surface area contributed by atoms with Gasteiger partial charge in [0, 0.05) is 11.8 Å². The third kappa shape index (κ3) is 1.63. The number of aromatic nitrogens is 4. The molecule has 2 heterocycles. The number of hydrogen-bond donors (Lipinski definition) is 0. The normalized spacial score (nSPS) is 10.3. The summed E-state index contributed by atoms with van der Waals surface area (Å²) in [6.45, 7) is 3.71. The van der Waals surface area contributed by atoms with E-state index in [2.05, 4.69) is 15.1 Å². The van der Waals surface area contributed by atoms with Crippen LogP contribution in [0.3, 0.4) is 0 Å². The van der Waals surface area contributed by atoms with Gasteiger partial charge in [0.15, 0.2) is 12.1 Å². The lowest BCUT2D eigenvalue weighted by molar-refractivity contribution is 0.112. The molecule has 0 bridgehead atoms. The standard InChI is InChI=1S/C10H10N4O/c1-7-3-10(12-6-11-7)14-8(2)9(5-15)4-13-14/h3-6H,1-2H3. The van der Waals surface area contributed by atoms with Crippen LogP contribution in [0.15, 0.2) is 18.6 Å². The molecule has 5 nitrogen and oxygen atoms in total. The lowest BCUT2D eigenvalue weighted by Crippen LogP contribution is -2.03. The van der Waals surface area contributed by atoms with Crippen LogP contribution in [0.4, 0.5) is 0 Å². The molecule has 5 heteroatoms. The summed E-state index contributed by atoms with van der Waals surface area (Å²) in [5.74, 6) is 0.674. The van der Waals surface area contributed by atoms with Gasteiger partial charge in [-0.3, -0.25) is 4.79 Å². The van der Waals surface area contributed by atoms with Gasteiger partial charge >= 0.3 is 0 Å². The summed E-state index contributed by atoms with van der Waals surface area (Å²) in [4.78, 5) is 18.7. The molecular formula is C10H10N4O. The van der Waals surface area contributed by atoms with Crippen molar-refractivity contribution < 1.29 is 4.79 Å². The zero-order valence-corrected chi connectivity index (χ0v) is 8.51. The number of aldehydes is 1. The molecule has 0 fully saturated rings. The van der Waals surface area contributed by atoms with Crippen molar-refractivity contribution in [2.45, 2.75) is 13.8 Å². The first-order valence-electron chi connectivity index (χ1n) is 4.51. The Kier molecular flexibility index (Phi) is 2.29. The SMILES string of the molecule is Cc1cc(-n2ncc(C=O)c2C)ncn1. The third-order valence-corrected chi connectivity index (χ3v) is 2.18. The van der Waals surface area contributed by atoms with E-state index in [1.807, 2.05) is 19.9 Å². The molecule has 0 aliphatic carbocycles. The molecule has 0 N–H and O–H groups in total. The molecule has 0 atom stereocenters. The Hall–Kier alpha value is -2.04. The molecule has 15 heavy (non-hydrogen) atoms. The van der Waals surface area contributed by atoms with Gasteiger partial charge in [0.05, 0.1) is 17.5 Å². The highest BCUT2D eigenvalue weighted by atomic mass is 16.1. The number of carbonyl (C=O) groups excluding carboxylic acids is 1. The third-order valence-electron chi connectivity index (χ3n) is 2.18. The zero-order chi connectivity index (χ0) is 10.8. The maximum atomic E-state index is 10.7. The Morgan fingerprint density at radius 3 is 2.73 bits per heavy atom. The minimum absolute atomic E-state index is 0.575. The van der Waals surface area contributed by atoms with E-state index in [9.17, 15) is 4.79 Å². The van der Waals surface area contributed by atoms with Crippen LogP contribution in [0.2, 0.25) is 0 Å². The fourth-order valence-corrected chi connectivity index (χ4v) is 1.33. The zero-order valence-electron chi connectivity index (χ0n) is 8.51. The van der Waals surface area contributed by atoms with Gasteiger partial charge in [0.2, 0.25) is 0 Å². The van der Waals surface area contributed by atoms with E-state index in [0.717, 1.165) is 17.7 Å². The summed E-state index contributed by atoms with van der Waals surface area (Å²) >= 11 is 0. The second-order valence-corrected chi connectivity index (χ2v) is 3.23. The fraction of sp³-hybridized carbons (Fsp3) is 0.200. The number of carbonyl (C=O) groups is 1. The summed E-state index contributed by atoms with van der Waals surface area (Å²) in [6.07, 6.45) is 3.79. The second kappa shape index (κ2) is 3.61. The van der Waals surface area contributed by atoms with E-state index < -0.39 is 0 Å². The number of hydrogen-bond acceptors (Lipinski definition) is 4. The molecule has 0 saturated carbocycles. The summed E-state index contributed by atoms with van der Waals surface area (Å²) < 4.78 is 1.62. The van der Waals surface area contributed by atoms with Gasteiger partial charge in [-0.05, 0) is 13.8 Å². The van der Waals surface area contributed by atoms with Crippen LogP contribution >= 0.6 is 0 Å². The van der Waals surface area contributed by atoms with Crippen molar-refractivity contribution in [3.63, 3.8) is 0 Å². The monoisotopic (exact) mass is 202 g/mol. The quantitative estimate of drug-likeness (QED) is 0.684. The Bertz CT molecular complexity index is 504. The molecule has 2 aromatic heterocycles. The van der Waals surface area contributed by atoms with Gasteiger partial charge in [0.25, 0.3) is 0 Å². The van der Waals surface area contributed by atoms with Gasteiger partial charge in [-0.1, -0.05) is 0 Å². The first-order valence-corrected chi connectivity index (χ1v) is 4.51. The van der Waals surface area contributed by atoms with Gasteiger partial charge < -0.3 is 0 Å². The Labute approximate surface area is 86.8 Å². The Balaban J connectivity index is 2.54. The fourth-order valence-electron chi connectivity index (χ4n) is 1.33. The van der Waals surface area contributed by atoms with E-state index in [0.29, 0.717) is 11.4 Å². The highest BCUT2D eigenvalue weighted by molar-refractivity contribution is 5.76. The minimum Gasteiger partial charge on any atom is -0.298 e. The maximum Gasteiger partial charge on any atom is 0.157 e. The molecule has 2 rings (SSSR count). The molecule has 0 amide bonds. The van der Waals surface area contributed by atoms with Crippen LogP contribution in [-0.2, 0) is 0 Å². The van der Waals surface area contributed by atoms with Crippen molar-refractivity contribution in [1.82, 2.24) is 19.7 Å². The molecule has 0 spiro atoms.